The van der Waals surface area contributed by atoms with Crippen molar-refractivity contribution in [3.8, 4) is 0 Å². The van der Waals surface area contributed by atoms with Crippen LogP contribution in [0.5, 0.6) is 0 Å². The van der Waals surface area contributed by atoms with Crippen molar-refractivity contribution in [2.24, 2.45) is 0 Å². The van der Waals surface area contributed by atoms with E-state index in [9.17, 15) is 9.59 Å². The Labute approximate surface area is 118 Å². The molecular weight excluding hydrogens is 256 g/mol. The number of likely N-dealkylation sites (N-methyl/N-ethyl adjacent to an activating group) is 2. The first-order valence-electron chi connectivity index (χ1n) is 6.67. The Bertz CT molecular complexity index is 528. The fourth-order valence-corrected chi connectivity index (χ4v) is 2.50. The second-order valence-electron chi connectivity index (χ2n) is 5.06. The van der Waals surface area contributed by atoms with Gasteiger partial charge in [-0.1, -0.05) is 12.1 Å². The van der Waals surface area contributed by atoms with Gasteiger partial charge in [-0.3, -0.25) is 9.59 Å². The number of nitrogens with one attached hydrogen (secondary N) is 1. The smallest absolute Gasteiger partial charge is 0.307 e. The van der Waals surface area contributed by atoms with Crippen molar-refractivity contribution in [3.63, 3.8) is 0 Å². The molecule has 1 aliphatic rings. The first kappa shape index (κ1) is 14.5. The Balaban J connectivity index is 2.09. The van der Waals surface area contributed by atoms with E-state index in [-0.39, 0.29) is 17.9 Å². The minimum atomic E-state index is -0.222. The summed E-state index contributed by atoms with van der Waals surface area (Å²) in [5.41, 5.74) is 3.16. The van der Waals surface area contributed by atoms with Crippen LogP contribution in [0.25, 0.3) is 0 Å². The van der Waals surface area contributed by atoms with Gasteiger partial charge in [0.05, 0.1) is 20.0 Å². The summed E-state index contributed by atoms with van der Waals surface area (Å²) in [5.74, 6) is -0.0997. The molecule has 20 heavy (non-hydrogen) atoms. The summed E-state index contributed by atoms with van der Waals surface area (Å²) in [7, 11) is 5.02. The zero-order valence-electron chi connectivity index (χ0n) is 12.1. The Kier molecular flexibility index (Phi) is 4.39. The molecule has 1 atom stereocenters. The monoisotopic (exact) mass is 276 g/mol. The molecule has 1 aromatic carbocycles. The van der Waals surface area contributed by atoms with E-state index in [1.54, 1.807) is 11.9 Å². The van der Waals surface area contributed by atoms with Crippen LogP contribution in [-0.4, -0.2) is 39.1 Å². The summed E-state index contributed by atoms with van der Waals surface area (Å²) in [6, 6.07) is 6.07. The maximum atomic E-state index is 11.7. The van der Waals surface area contributed by atoms with E-state index >= 15 is 0 Å². The van der Waals surface area contributed by atoms with Gasteiger partial charge in [0.15, 0.2) is 0 Å². The molecule has 0 aromatic heterocycles. The molecule has 1 aliphatic heterocycles. The van der Waals surface area contributed by atoms with Crippen LogP contribution >= 0.6 is 0 Å². The van der Waals surface area contributed by atoms with Crippen molar-refractivity contribution < 1.29 is 14.3 Å². The maximum absolute atomic E-state index is 11.7. The highest BCUT2D eigenvalue weighted by Gasteiger charge is 2.24. The number of anilines is 1. The van der Waals surface area contributed by atoms with Crippen LogP contribution in [0.2, 0.25) is 0 Å². The SMILES string of the molecule is CNC(CC(=O)OC)Cc1ccc2c(c1)CC(=O)N2C. The number of rotatable bonds is 5. The zero-order chi connectivity index (χ0) is 14.7. The summed E-state index contributed by atoms with van der Waals surface area (Å²) in [6.07, 6.45) is 1.53. The van der Waals surface area contributed by atoms with Crippen LogP contribution < -0.4 is 10.2 Å². The average molecular weight is 276 g/mol. The Morgan fingerprint density at radius 3 is 2.90 bits per heavy atom. The van der Waals surface area contributed by atoms with Crippen molar-refractivity contribution in [1.29, 1.82) is 0 Å². The van der Waals surface area contributed by atoms with Crippen LogP contribution in [0.15, 0.2) is 18.2 Å². The molecule has 0 saturated carbocycles. The summed E-state index contributed by atoms with van der Waals surface area (Å²) in [6.45, 7) is 0. The topological polar surface area (TPSA) is 58.6 Å². The zero-order valence-corrected chi connectivity index (χ0v) is 12.1. The molecule has 1 aromatic rings. The molecule has 108 valence electrons. The lowest BCUT2D eigenvalue weighted by molar-refractivity contribution is -0.141. The number of fused-ring (bicyclic) bond motifs is 1. The number of carbonyl (C=O) groups excluding carboxylic acids is 2. The van der Waals surface area contributed by atoms with Gasteiger partial charge in [0, 0.05) is 18.8 Å². The second kappa shape index (κ2) is 6.05. The second-order valence-corrected chi connectivity index (χ2v) is 5.06. The van der Waals surface area contributed by atoms with Gasteiger partial charge in [-0.05, 0) is 30.7 Å². The average Bonchev–Trinajstić information content (AvgIpc) is 2.72. The Hall–Kier alpha value is -1.88. The normalized spacial score (nSPS) is 15.2. The maximum Gasteiger partial charge on any atom is 0.307 e. The fourth-order valence-electron chi connectivity index (χ4n) is 2.50. The molecule has 1 N–H and O–H groups in total. The third kappa shape index (κ3) is 2.99. The summed E-state index contributed by atoms with van der Waals surface area (Å²) < 4.78 is 4.69. The summed E-state index contributed by atoms with van der Waals surface area (Å²) >= 11 is 0. The van der Waals surface area contributed by atoms with Gasteiger partial charge in [-0.15, -0.1) is 0 Å². The van der Waals surface area contributed by atoms with Crippen molar-refractivity contribution in [2.45, 2.75) is 25.3 Å². The number of nitrogens with zero attached hydrogens (tertiary/aromatic N) is 1. The first-order valence-corrected chi connectivity index (χ1v) is 6.67. The lowest BCUT2D eigenvalue weighted by Gasteiger charge is -2.16. The highest BCUT2D eigenvalue weighted by atomic mass is 16.5. The standard InChI is InChI=1S/C15H20N2O3/c1-16-12(9-15(19)20-3)7-10-4-5-13-11(6-10)8-14(18)17(13)2/h4-6,12,16H,7-9H2,1-3H3. The highest BCUT2D eigenvalue weighted by Crippen LogP contribution is 2.28. The highest BCUT2D eigenvalue weighted by molar-refractivity contribution is 6.00. The number of hydrogen-bond acceptors (Lipinski definition) is 4. The first-order chi connectivity index (χ1) is 9.55. The fraction of sp³-hybridized carbons (Fsp3) is 0.467. The summed E-state index contributed by atoms with van der Waals surface area (Å²) in [4.78, 5) is 24.7. The van der Waals surface area contributed by atoms with Crippen molar-refractivity contribution in [2.75, 3.05) is 26.1 Å². The van der Waals surface area contributed by atoms with Crippen LogP contribution in [-0.2, 0) is 27.2 Å². The Morgan fingerprint density at radius 2 is 2.25 bits per heavy atom. The molecule has 5 heteroatoms. The van der Waals surface area contributed by atoms with Gasteiger partial charge in [-0.2, -0.15) is 0 Å². The molecule has 1 amide bonds. The quantitative estimate of drug-likeness (QED) is 0.812. The molecule has 0 fully saturated rings. The predicted octanol–water partition coefficient (Wildman–Crippen LogP) is 0.899. The molecule has 0 radical (unpaired) electrons. The van der Waals surface area contributed by atoms with E-state index < -0.39 is 0 Å². The van der Waals surface area contributed by atoms with Crippen LogP contribution in [0, 0.1) is 0 Å². The van der Waals surface area contributed by atoms with Gasteiger partial charge in [-0.25, -0.2) is 0 Å². The van der Waals surface area contributed by atoms with Gasteiger partial charge < -0.3 is 15.0 Å². The third-order valence-corrected chi connectivity index (χ3v) is 3.75. The number of benzene rings is 1. The van der Waals surface area contributed by atoms with Crippen molar-refractivity contribution >= 4 is 17.6 Å². The van der Waals surface area contributed by atoms with Crippen LogP contribution in [0.3, 0.4) is 0 Å². The van der Waals surface area contributed by atoms with E-state index in [1.165, 1.54) is 7.11 Å². The van der Waals surface area contributed by atoms with Gasteiger partial charge in [0.25, 0.3) is 0 Å². The molecule has 0 bridgehead atoms. The molecular formula is C15H20N2O3. The number of carbonyl (C=O) groups is 2. The van der Waals surface area contributed by atoms with E-state index in [0.717, 1.165) is 23.2 Å². The number of hydrogen-bond donors (Lipinski definition) is 1. The van der Waals surface area contributed by atoms with Crippen molar-refractivity contribution in [1.82, 2.24) is 5.32 Å². The largest absolute Gasteiger partial charge is 0.469 e. The van der Waals surface area contributed by atoms with E-state index in [4.69, 9.17) is 4.74 Å². The minimum Gasteiger partial charge on any atom is -0.469 e. The molecule has 0 aliphatic carbocycles. The van der Waals surface area contributed by atoms with Crippen LogP contribution in [0.1, 0.15) is 17.5 Å². The number of ether oxygens (including phenoxy) is 1. The molecule has 0 spiro atoms. The van der Waals surface area contributed by atoms with Crippen molar-refractivity contribution in [3.05, 3.63) is 29.3 Å². The lowest BCUT2D eigenvalue weighted by Crippen LogP contribution is -2.30. The lowest BCUT2D eigenvalue weighted by atomic mass is 10.0. The molecule has 0 saturated heterocycles. The summed E-state index contributed by atoms with van der Waals surface area (Å²) in [5, 5.41) is 3.12. The number of esters is 1. The molecule has 1 heterocycles. The molecule has 1 unspecified atom stereocenters. The van der Waals surface area contributed by atoms with Gasteiger partial charge in [0.2, 0.25) is 5.91 Å². The minimum absolute atomic E-state index is 0.0373. The third-order valence-electron chi connectivity index (χ3n) is 3.75. The molecule has 2 rings (SSSR count). The van der Waals surface area contributed by atoms with Gasteiger partial charge in [0.1, 0.15) is 0 Å². The predicted molar refractivity (Wildman–Crippen MR) is 76.7 cm³/mol. The Morgan fingerprint density at radius 1 is 1.50 bits per heavy atom. The van der Waals surface area contributed by atoms with Gasteiger partial charge >= 0.3 is 5.97 Å². The van der Waals surface area contributed by atoms with E-state index in [0.29, 0.717) is 12.8 Å². The molecule has 5 nitrogen and oxygen atoms in total. The van der Waals surface area contributed by atoms with E-state index in [2.05, 4.69) is 11.4 Å². The van der Waals surface area contributed by atoms with E-state index in [1.807, 2.05) is 19.2 Å². The van der Waals surface area contributed by atoms with Crippen LogP contribution in [0.4, 0.5) is 5.69 Å². The number of amides is 1. The number of methoxy groups -OCH3 is 1.